The van der Waals surface area contributed by atoms with Crippen molar-refractivity contribution in [2.45, 2.75) is 19.3 Å². The highest BCUT2D eigenvalue weighted by Gasteiger charge is 2.36. The van der Waals surface area contributed by atoms with Gasteiger partial charge in [0.05, 0.1) is 11.4 Å². The molecule has 1 aliphatic carbocycles. The maximum Gasteiger partial charge on any atom is 0.160 e. The molecular weight excluding hydrogens is 793 g/mol. The van der Waals surface area contributed by atoms with Crippen LogP contribution in [-0.4, -0.2) is 9.97 Å². The van der Waals surface area contributed by atoms with Crippen LogP contribution in [0.2, 0.25) is 0 Å². The summed E-state index contributed by atoms with van der Waals surface area (Å²) in [6.45, 7) is 4.68. The molecule has 0 spiro atoms. The lowest BCUT2D eigenvalue weighted by Crippen LogP contribution is -2.14. The lowest BCUT2D eigenvalue weighted by Gasteiger charge is -2.21. The van der Waals surface area contributed by atoms with Gasteiger partial charge in [-0.1, -0.05) is 178 Å². The Balaban J connectivity index is 1.04. The first-order chi connectivity index (χ1) is 31.4. The van der Waals surface area contributed by atoms with Crippen molar-refractivity contribution in [1.82, 2.24) is 9.97 Å². The smallest absolute Gasteiger partial charge is 0.160 e. The fourth-order valence-corrected chi connectivity index (χ4v) is 10.9. The van der Waals surface area contributed by atoms with Crippen molar-refractivity contribution in [3.63, 3.8) is 0 Å². The summed E-state index contributed by atoms with van der Waals surface area (Å²) in [7, 11) is 0. The number of nitrogens with zero attached hydrogens (tertiary/aromatic N) is 2. The molecule has 11 aromatic rings. The maximum absolute atomic E-state index is 5.38. The van der Waals surface area contributed by atoms with Crippen LogP contribution < -0.4 is 0 Å². The van der Waals surface area contributed by atoms with Gasteiger partial charge in [0.2, 0.25) is 0 Å². The predicted octanol–water partition coefficient (Wildman–Crippen LogP) is 16.8. The first-order valence-electron chi connectivity index (χ1n) is 22.0. The molecule has 0 atom stereocenters. The van der Waals surface area contributed by atoms with Gasteiger partial charge in [-0.3, -0.25) is 0 Å². The third-order valence-corrected chi connectivity index (χ3v) is 14.2. The highest BCUT2D eigenvalue weighted by Crippen LogP contribution is 2.52. The molecule has 0 saturated heterocycles. The second-order valence-corrected chi connectivity index (χ2v) is 18.4. The molecule has 0 saturated carbocycles. The summed E-state index contributed by atoms with van der Waals surface area (Å²) in [6, 6.07) is 79.2. The van der Waals surface area contributed by atoms with Crippen LogP contribution in [0.25, 0.3) is 110 Å². The van der Waals surface area contributed by atoms with Crippen LogP contribution in [0.1, 0.15) is 25.0 Å². The van der Waals surface area contributed by atoms with E-state index in [1.54, 1.807) is 0 Å². The lowest BCUT2D eigenvalue weighted by atomic mass is 9.82. The van der Waals surface area contributed by atoms with E-state index < -0.39 is 0 Å². The van der Waals surface area contributed by atoms with Gasteiger partial charge in [0.1, 0.15) is 0 Å². The first kappa shape index (κ1) is 38.0. The van der Waals surface area contributed by atoms with E-state index in [2.05, 4.69) is 226 Å². The molecule has 0 unspecified atom stereocenters. The summed E-state index contributed by atoms with van der Waals surface area (Å²) in [5.74, 6) is 0.693. The summed E-state index contributed by atoms with van der Waals surface area (Å²) >= 11 is 1.85. The minimum Gasteiger partial charge on any atom is -0.228 e. The van der Waals surface area contributed by atoms with Crippen LogP contribution in [0.5, 0.6) is 0 Å². The number of hydrogen-bond donors (Lipinski definition) is 0. The second-order valence-electron chi connectivity index (χ2n) is 17.4. The summed E-state index contributed by atoms with van der Waals surface area (Å²) in [4.78, 5) is 10.7. The molecule has 2 heterocycles. The molecule has 0 amide bonds. The SMILES string of the molecule is CC1(C)c2ccccc2-c2c(-c3cccc(-c4cc(-c5cc(-c6cccc(-c7ccccc7)c6)cc(-c6ccc7sc8ccccc8c7c6)c5)nc(-c5ccccc5)n4)c3)cccc21. The minimum absolute atomic E-state index is 0.0782. The number of aromatic nitrogens is 2. The van der Waals surface area contributed by atoms with E-state index in [0.29, 0.717) is 5.82 Å². The standard InChI is InChI=1S/C61H42N2S/c1-61(2)53-27-11-9-25-51(53)59-49(26-15-28-54(59)61)44-22-14-23-45(33-44)55-38-56(63-60(62-55)40-18-7-4-8-19-40)48-35-46(42-21-13-20-41(32-42)39-16-5-3-6-17-39)34-47(36-48)43-30-31-58-52(37-43)50-24-10-12-29-57(50)64-58/h3-38H,1-2H3. The number of rotatable bonds is 7. The molecule has 0 fully saturated rings. The Bertz CT molecular complexity index is 3580. The van der Waals surface area contributed by atoms with E-state index in [1.807, 2.05) is 17.4 Å². The zero-order valence-electron chi connectivity index (χ0n) is 35.6. The molecule has 0 N–H and O–H groups in total. The molecule has 1 aliphatic rings. The Labute approximate surface area is 377 Å². The fraction of sp³-hybridized carbons (Fsp3) is 0.0492. The highest BCUT2D eigenvalue weighted by atomic mass is 32.1. The van der Waals surface area contributed by atoms with Crippen LogP contribution in [-0.2, 0) is 5.41 Å². The van der Waals surface area contributed by atoms with Gasteiger partial charge in [0.15, 0.2) is 5.82 Å². The van der Waals surface area contributed by atoms with Crippen molar-refractivity contribution < 1.29 is 0 Å². The normalized spacial score (nSPS) is 12.7. The topological polar surface area (TPSA) is 25.8 Å². The number of benzene rings is 9. The Kier molecular flexibility index (Phi) is 9.06. The van der Waals surface area contributed by atoms with Gasteiger partial charge in [0, 0.05) is 42.3 Å². The van der Waals surface area contributed by atoms with Gasteiger partial charge in [-0.25, -0.2) is 9.97 Å². The molecule has 302 valence electrons. The fourth-order valence-electron chi connectivity index (χ4n) is 9.82. The molecule has 0 aliphatic heterocycles. The number of fused-ring (bicyclic) bond motifs is 6. The van der Waals surface area contributed by atoms with Crippen LogP contribution in [0.15, 0.2) is 218 Å². The first-order valence-corrected chi connectivity index (χ1v) is 22.8. The van der Waals surface area contributed by atoms with Crippen LogP contribution in [0, 0.1) is 0 Å². The Hall–Kier alpha value is -7.72. The summed E-state index contributed by atoms with van der Waals surface area (Å²) in [5, 5.41) is 2.57. The van der Waals surface area contributed by atoms with E-state index in [4.69, 9.17) is 9.97 Å². The van der Waals surface area contributed by atoms with Crippen LogP contribution in [0.3, 0.4) is 0 Å². The van der Waals surface area contributed by atoms with Gasteiger partial charge < -0.3 is 0 Å². The van der Waals surface area contributed by atoms with Crippen molar-refractivity contribution >= 4 is 31.5 Å². The van der Waals surface area contributed by atoms with E-state index in [1.165, 1.54) is 70.2 Å². The summed E-state index contributed by atoms with van der Waals surface area (Å²) < 4.78 is 2.60. The Morgan fingerprint density at radius 3 is 1.64 bits per heavy atom. The molecular formula is C61H42N2S. The Morgan fingerprint density at radius 2 is 0.844 bits per heavy atom. The van der Waals surface area contributed by atoms with Gasteiger partial charge in [-0.15, -0.1) is 11.3 Å². The number of thiophene rings is 1. The van der Waals surface area contributed by atoms with Crippen molar-refractivity contribution in [2.75, 3.05) is 0 Å². The highest BCUT2D eigenvalue weighted by molar-refractivity contribution is 7.25. The minimum atomic E-state index is -0.0782. The third kappa shape index (κ3) is 6.56. The largest absolute Gasteiger partial charge is 0.228 e. The molecule has 12 rings (SSSR count). The second kappa shape index (κ2) is 15.3. The Morgan fingerprint density at radius 1 is 0.328 bits per heavy atom. The van der Waals surface area contributed by atoms with Gasteiger partial charge >= 0.3 is 0 Å². The monoisotopic (exact) mass is 834 g/mol. The van der Waals surface area contributed by atoms with E-state index >= 15 is 0 Å². The third-order valence-electron chi connectivity index (χ3n) is 13.1. The summed E-state index contributed by atoms with van der Waals surface area (Å²) in [5.41, 5.74) is 19.5. The van der Waals surface area contributed by atoms with Crippen LogP contribution in [0.4, 0.5) is 0 Å². The molecule has 64 heavy (non-hydrogen) atoms. The quantitative estimate of drug-likeness (QED) is 0.160. The number of hydrogen-bond acceptors (Lipinski definition) is 3. The van der Waals surface area contributed by atoms with Crippen molar-refractivity contribution in [3.8, 4) is 89.5 Å². The average Bonchev–Trinajstić information content (AvgIpc) is 3.85. The summed E-state index contributed by atoms with van der Waals surface area (Å²) in [6.07, 6.45) is 0. The van der Waals surface area contributed by atoms with E-state index in [9.17, 15) is 0 Å². The molecule has 0 radical (unpaired) electrons. The average molecular weight is 835 g/mol. The van der Waals surface area contributed by atoms with Gasteiger partial charge in [-0.2, -0.15) is 0 Å². The molecule has 3 heteroatoms. The van der Waals surface area contributed by atoms with Gasteiger partial charge in [-0.05, 0) is 121 Å². The predicted molar refractivity (Wildman–Crippen MR) is 271 cm³/mol. The molecule has 2 aromatic heterocycles. The lowest BCUT2D eigenvalue weighted by molar-refractivity contribution is 0.660. The van der Waals surface area contributed by atoms with Crippen LogP contribution >= 0.6 is 11.3 Å². The zero-order valence-corrected chi connectivity index (χ0v) is 36.4. The maximum atomic E-state index is 5.38. The zero-order chi connectivity index (χ0) is 42.8. The molecule has 2 nitrogen and oxygen atoms in total. The van der Waals surface area contributed by atoms with E-state index in [0.717, 1.165) is 44.8 Å². The van der Waals surface area contributed by atoms with Crippen molar-refractivity contribution in [3.05, 3.63) is 230 Å². The molecule has 9 aromatic carbocycles. The van der Waals surface area contributed by atoms with Crippen molar-refractivity contribution in [2.24, 2.45) is 0 Å². The van der Waals surface area contributed by atoms with Gasteiger partial charge in [0.25, 0.3) is 0 Å². The van der Waals surface area contributed by atoms with Crippen molar-refractivity contribution in [1.29, 1.82) is 0 Å². The molecule has 0 bridgehead atoms. The van der Waals surface area contributed by atoms with E-state index in [-0.39, 0.29) is 5.41 Å².